The Balaban J connectivity index is 2.08. The Morgan fingerprint density at radius 2 is 2.32 bits per heavy atom. The zero-order valence-corrected chi connectivity index (χ0v) is 12.5. The SMILES string of the molecule is CNCc1c(Cl)cccc1N(C)CC1CCCOC1. The van der Waals surface area contributed by atoms with Crippen molar-refractivity contribution in [2.75, 3.05) is 38.8 Å². The van der Waals surface area contributed by atoms with Crippen LogP contribution in [0.5, 0.6) is 0 Å². The van der Waals surface area contributed by atoms with Gasteiger partial charge in [-0.2, -0.15) is 0 Å². The molecule has 4 heteroatoms. The number of ether oxygens (including phenoxy) is 1. The fourth-order valence-electron chi connectivity index (χ4n) is 2.69. The fraction of sp³-hybridized carbons (Fsp3) is 0.600. The van der Waals surface area contributed by atoms with E-state index in [1.807, 2.05) is 19.2 Å². The minimum absolute atomic E-state index is 0.625. The molecule has 3 nitrogen and oxygen atoms in total. The van der Waals surface area contributed by atoms with Crippen molar-refractivity contribution in [3.05, 3.63) is 28.8 Å². The van der Waals surface area contributed by atoms with Crippen LogP contribution in [0.25, 0.3) is 0 Å². The lowest BCUT2D eigenvalue weighted by Crippen LogP contribution is -2.31. The van der Waals surface area contributed by atoms with E-state index in [1.165, 1.54) is 24.1 Å². The second-order valence-electron chi connectivity index (χ2n) is 5.23. The molecule has 1 atom stereocenters. The van der Waals surface area contributed by atoms with Gasteiger partial charge in [0.15, 0.2) is 0 Å². The van der Waals surface area contributed by atoms with Crippen molar-refractivity contribution in [2.24, 2.45) is 5.92 Å². The topological polar surface area (TPSA) is 24.5 Å². The number of nitrogens with one attached hydrogen (secondary N) is 1. The molecular weight excluding hydrogens is 260 g/mol. The molecule has 1 saturated heterocycles. The molecular formula is C15H23ClN2O. The lowest BCUT2D eigenvalue weighted by atomic mass is 10.0. The van der Waals surface area contributed by atoms with Gasteiger partial charge in [-0.3, -0.25) is 0 Å². The highest BCUT2D eigenvalue weighted by atomic mass is 35.5. The zero-order valence-electron chi connectivity index (χ0n) is 11.8. The zero-order chi connectivity index (χ0) is 13.7. The first-order valence-electron chi connectivity index (χ1n) is 6.93. The Morgan fingerprint density at radius 1 is 1.47 bits per heavy atom. The van der Waals surface area contributed by atoms with Crippen LogP contribution in [-0.2, 0) is 11.3 Å². The van der Waals surface area contributed by atoms with Crippen molar-refractivity contribution < 1.29 is 4.74 Å². The van der Waals surface area contributed by atoms with Crippen LogP contribution in [0.3, 0.4) is 0 Å². The number of halogens is 1. The summed E-state index contributed by atoms with van der Waals surface area (Å²) in [4.78, 5) is 2.30. The molecule has 0 bridgehead atoms. The van der Waals surface area contributed by atoms with Crippen molar-refractivity contribution in [1.82, 2.24) is 5.32 Å². The smallest absolute Gasteiger partial charge is 0.0511 e. The monoisotopic (exact) mass is 282 g/mol. The number of rotatable bonds is 5. The lowest BCUT2D eigenvalue weighted by Gasteiger charge is -2.30. The van der Waals surface area contributed by atoms with Gasteiger partial charge in [0.2, 0.25) is 0 Å². The Bertz CT molecular complexity index is 405. The van der Waals surface area contributed by atoms with Gasteiger partial charge >= 0.3 is 0 Å². The second-order valence-corrected chi connectivity index (χ2v) is 5.64. The molecule has 1 aliphatic rings. The number of hydrogen-bond donors (Lipinski definition) is 1. The van der Waals surface area contributed by atoms with Crippen LogP contribution in [-0.4, -0.2) is 33.9 Å². The minimum Gasteiger partial charge on any atom is -0.381 e. The Morgan fingerprint density at radius 3 is 3.00 bits per heavy atom. The van der Waals surface area contributed by atoms with E-state index in [0.29, 0.717) is 5.92 Å². The summed E-state index contributed by atoms with van der Waals surface area (Å²) >= 11 is 6.30. The predicted molar refractivity (Wildman–Crippen MR) is 81.0 cm³/mol. The summed E-state index contributed by atoms with van der Waals surface area (Å²) in [5, 5.41) is 4.02. The highest BCUT2D eigenvalue weighted by Crippen LogP contribution is 2.28. The molecule has 1 aliphatic heterocycles. The molecule has 0 spiro atoms. The van der Waals surface area contributed by atoms with Crippen molar-refractivity contribution in [3.8, 4) is 0 Å². The van der Waals surface area contributed by atoms with Crippen LogP contribution in [0.1, 0.15) is 18.4 Å². The van der Waals surface area contributed by atoms with Gasteiger partial charge in [0.25, 0.3) is 0 Å². The van der Waals surface area contributed by atoms with Gasteiger partial charge in [-0.05, 0) is 37.9 Å². The van der Waals surface area contributed by atoms with Gasteiger partial charge in [-0.1, -0.05) is 17.7 Å². The van der Waals surface area contributed by atoms with E-state index in [9.17, 15) is 0 Å². The maximum atomic E-state index is 6.30. The third kappa shape index (κ3) is 3.85. The van der Waals surface area contributed by atoms with Crippen LogP contribution in [0.4, 0.5) is 5.69 Å². The van der Waals surface area contributed by atoms with Gasteiger partial charge in [0.1, 0.15) is 0 Å². The van der Waals surface area contributed by atoms with Crippen molar-refractivity contribution in [1.29, 1.82) is 0 Å². The summed E-state index contributed by atoms with van der Waals surface area (Å²) in [5.41, 5.74) is 2.39. The van der Waals surface area contributed by atoms with E-state index < -0.39 is 0 Å². The first kappa shape index (κ1) is 14.6. The summed E-state index contributed by atoms with van der Waals surface area (Å²) in [5.74, 6) is 0.625. The maximum absolute atomic E-state index is 6.30. The standard InChI is InChI=1S/C15H23ClN2O/c1-17-9-13-14(16)6-3-7-15(13)18(2)10-12-5-4-8-19-11-12/h3,6-7,12,17H,4-5,8-11H2,1-2H3. The van der Waals surface area contributed by atoms with Crippen molar-refractivity contribution in [2.45, 2.75) is 19.4 Å². The van der Waals surface area contributed by atoms with Gasteiger partial charge in [0.05, 0.1) is 6.61 Å². The summed E-state index contributed by atoms with van der Waals surface area (Å²) < 4.78 is 5.56. The van der Waals surface area contributed by atoms with Gasteiger partial charge in [-0.15, -0.1) is 0 Å². The molecule has 0 saturated carbocycles. The maximum Gasteiger partial charge on any atom is 0.0511 e. The number of hydrogen-bond acceptors (Lipinski definition) is 3. The molecule has 1 aromatic rings. The quantitative estimate of drug-likeness (QED) is 0.899. The summed E-state index contributed by atoms with van der Waals surface area (Å²) in [6.07, 6.45) is 2.43. The highest BCUT2D eigenvalue weighted by Gasteiger charge is 2.18. The van der Waals surface area contributed by atoms with Gasteiger partial charge < -0.3 is 15.0 Å². The molecule has 1 N–H and O–H groups in total. The molecule has 0 aromatic heterocycles. The molecule has 1 heterocycles. The summed E-state index contributed by atoms with van der Waals surface area (Å²) in [7, 11) is 4.08. The number of anilines is 1. The summed E-state index contributed by atoms with van der Waals surface area (Å²) in [6, 6.07) is 6.11. The van der Waals surface area contributed by atoms with E-state index in [2.05, 4.69) is 23.3 Å². The van der Waals surface area contributed by atoms with Crippen LogP contribution in [0.2, 0.25) is 5.02 Å². The van der Waals surface area contributed by atoms with Gasteiger partial charge in [0, 0.05) is 43.0 Å². The number of benzene rings is 1. The van der Waals surface area contributed by atoms with Crippen LogP contribution < -0.4 is 10.2 Å². The number of nitrogens with zero attached hydrogens (tertiary/aromatic N) is 1. The normalized spacial score (nSPS) is 19.4. The van der Waals surface area contributed by atoms with Crippen molar-refractivity contribution in [3.63, 3.8) is 0 Å². The molecule has 0 aliphatic carbocycles. The van der Waals surface area contributed by atoms with Crippen LogP contribution >= 0.6 is 11.6 Å². The highest BCUT2D eigenvalue weighted by molar-refractivity contribution is 6.31. The van der Waals surface area contributed by atoms with E-state index in [0.717, 1.165) is 31.3 Å². The first-order valence-corrected chi connectivity index (χ1v) is 7.31. The third-order valence-electron chi connectivity index (χ3n) is 3.65. The summed E-state index contributed by atoms with van der Waals surface area (Å²) in [6.45, 7) is 3.62. The molecule has 0 amide bonds. The van der Waals surface area contributed by atoms with E-state index >= 15 is 0 Å². The third-order valence-corrected chi connectivity index (χ3v) is 4.00. The average molecular weight is 283 g/mol. The van der Waals surface area contributed by atoms with Crippen molar-refractivity contribution >= 4 is 17.3 Å². The first-order chi connectivity index (χ1) is 9.22. The molecule has 106 valence electrons. The van der Waals surface area contributed by atoms with E-state index in [-0.39, 0.29) is 0 Å². The van der Waals surface area contributed by atoms with Crippen LogP contribution in [0.15, 0.2) is 18.2 Å². The molecule has 2 rings (SSSR count). The Hall–Kier alpha value is -0.770. The fourth-order valence-corrected chi connectivity index (χ4v) is 2.93. The minimum atomic E-state index is 0.625. The molecule has 1 unspecified atom stereocenters. The van der Waals surface area contributed by atoms with Crippen LogP contribution in [0, 0.1) is 5.92 Å². The molecule has 1 fully saturated rings. The van der Waals surface area contributed by atoms with E-state index in [4.69, 9.17) is 16.3 Å². The average Bonchev–Trinajstić information content (AvgIpc) is 2.42. The van der Waals surface area contributed by atoms with Gasteiger partial charge in [-0.25, -0.2) is 0 Å². The van der Waals surface area contributed by atoms with E-state index in [1.54, 1.807) is 0 Å². The molecule has 1 aromatic carbocycles. The lowest BCUT2D eigenvalue weighted by molar-refractivity contribution is 0.0576. The Kier molecular flexibility index (Phi) is 5.49. The Labute approximate surface area is 120 Å². The second kappa shape index (κ2) is 7.13. The molecule has 0 radical (unpaired) electrons. The largest absolute Gasteiger partial charge is 0.381 e. The molecule has 19 heavy (non-hydrogen) atoms. The predicted octanol–water partition coefficient (Wildman–Crippen LogP) is 2.92.